The average Bonchev–Trinajstić information content (AvgIpc) is 2.24. The summed E-state index contributed by atoms with van der Waals surface area (Å²) in [6.07, 6.45) is 12.4. The van der Waals surface area contributed by atoms with Crippen molar-refractivity contribution in [3.05, 3.63) is 23.8 Å². The van der Waals surface area contributed by atoms with Gasteiger partial charge in [0.2, 0.25) is 0 Å². The first kappa shape index (κ1) is 10.4. The van der Waals surface area contributed by atoms with Crippen LogP contribution in [0.2, 0.25) is 0 Å². The van der Waals surface area contributed by atoms with Crippen molar-refractivity contribution in [2.45, 2.75) is 32.6 Å². The van der Waals surface area contributed by atoms with Crippen molar-refractivity contribution >= 4 is 9.39 Å². The highest BCUT2D eigenvalue weighted by Crippen LogP contribution is 2.42. The summed E-state index contributed by atoms with van der Waals surface area (Å²) >= 11 is 0. The Bertz CT molecular complexity index is 259. The van der Waals surface area contributed by atoms with Crippen LogP contribution in [-0.2, 0) is 0 Å². The van der Waals surface area contributed by atoms with E-state index in [1.165, 1.54) is 44.3 Å². The zero-order valence-corrected chi connectivity index (χ0v) is 10.2. The van der Waals surface area contributed by atoms with E-state index in [0.29, 0.717) is 5.41 Å². The SMILES string of the molecule is CC=C1C=CC2(CC1)CCN(P)CC2. The lowest BCUT2D eigenvalue weighted by atomic mass is 9.71. The Morgan fingerprint density at radius 1 is 1.36 bits per heavy atom. The van der Waals surface area contributed by atoms with Gasteiger partial charge in [-0.2, -0.15) is 0 Å². The first-order chi connectivity index (χ1) is 6.74. The van der Waals surface area contributed by atoms with Crippen molar-refractivity contribution in [2.75, 3.05) is 13.1 Å². The summed E-state index contributed by atoms with van der Waals surface area (Å²) in [5.41, 5.74) is 2.06. The predicted octanol–water partition coefficient (Wildman–Crippen LogP) is 3.16. The number of piperidine rings is 1. The molecular formula is C12H20NP. The summed E-state index contributed by atoms with van der Waals surface area (Å²) in [5.74, 6) is 0. The first-order valence-electron chi connectivity index (χ1n) is 5.58. The molecule has 14 heavy (non-hydrogen) atoms. The molecule has 1 aliphatic heterocycles. The number of hydrogen-bond donors (Lipinski definition) is 0. The Labute approximate surface area is 89.5 Å². The fraction of sp³-hybridized carbons (Fsp3) is 0.667. The molecule has 0 saturated carbocycles. The molecule has 1 atom stereocenters. The van der Waals surface area contributed by atoms with Gasteiger partial charge in [-0.25, -0.2) is 0 Å². The largest absolute Gasteiger partial charge is 0.287 e. The minimum Gasteiger partial charge on any atom is -0.287 e. The monoisotopic (exact) mass is 209 g/mol. The van der Waals surface area contributed by atoms with Gasteiger partial charge in [0.15, 0.2) is 0 Å². The van der Waals surface area contributed by atoms with E-state index in [4.69, 9.17) is 0 Å². The third-order valence-corrected chi connectivity index (χ3v) is 4.24. The molecule has 0 amide bonds. The van der Waals surface area contributed by atoms with E-state index in [-0.39, 0.29) is 0 Å². The van der Waals surface area contributed by atoms with Crippen LogP contribution in [0.3, 0.4) is 0 Å². The van der Waals surface area contributed by atoms with Gasteiger partial charge in [-0.05, 0) is 38.0 Å². The molecule has 1 fully saturated rings. The molecule has 1 saturated heterocycles. The molecule has 1 nitrogen and oxygen atoms in total. The molecule has 2 rings (SSSR count). The highest BCUT2D eigenvalue weighted by Gasteiger charge is 2.32. The van der Waals surface area contributed by atoms with Crippen LogP contribution in [0.25, 0.3) is 0 Å². The van der Waals surface area contributed by atoms with Gasteiger partial charge >= 0.3 is 0 Å². The predicted molar refractivity (Wildman–Crippen MR) is 65.1 cm³/mol. The highest BCUT2D eigenvalue weighted by atomic mass is 31.0. The zero-order valence-electron chi connectivity index (χ0n) is 9.00. The second-order valence-corrected chi connectivity index (χ2v) is 5.33. The third kappa shape index (κ3) is 2.10. The van der Waals surface area contributed by atoms with E-state index in [1.807, 2.05) is 0 Å². The van der Waals surface area contributed by atoms with Gasteiger partial charge in [0.25, 0.3) is 0 Å². The molecule has 0 aromatic carbocycles. The molecule has 1 heterocycles. The van der Waals surface area contributed by atoms with Crippen molar-refractivity contribution in [1.29, 1.82) is 0 Å². The molecule has 2 aliphatic rings. The second kappa shape index (κ2) is 4.16. The summed E-state index contributed by atoms with van der Waals surface area (Å²) in [6, 6.07) is 0. The van der Waals surface area contributed by atoms with Gasteiger partial charge in [-0.1, -0.05) is 33.2 Å². The lowest BCUT2D eigenvalue weighted by Crippen LogP contribution is -2.35. The number of rotatable bonds is 0. The molecule has 1 aliphatic carbocycles. The number of allylic oxidation sites excluding steroid dienone is 4. The Morgan fingerprint density at radius 3 is 2.57 bits per heavy atom. The summed E-state index contributed by atoms with van der Waals surface area (Å²) in [7, 11) is 2.82. The number of nitrogens with zero attached hydrogens (tertiary/aromatic N) is 1. The van der Waals surface area contributed by atoms with Crippen LogP contribution < -0.4 is 0 Å². The first-order valence-corrected chi connectivity index (χ1v) is 6.10. The van der Waals surface area contributed by atoms with E-state index < -0.39 is 0 Å². The highest BCUT2D eigenvalue weighted by molar-refractivity contribution is 7.13. The van der Waals surface area contributed by atoms with E-state index >= 15 is 0 Å². The summed E-state index contributed by atoms with van der Waals surface area (Å²) in [6.45, 7) is 4.61. The van der Waals surface area contributed by atoms with Crippen molar-refractivity contribution in [1.82, 2.24) is 4.67 Å². The molecule has 0 aromatic heterocycles. The Balaban J connectivity index is 2.05. The molecule has 78 valence electrons. The Hall–Kier alpha value is -0.130. The minimum absolute atomic E-state index is 0.541. The van der Waals surface area contributed by atoms with Gasteiger partial charge in [-0.3, -0.25) is 4.67 Å². The van der Waals surface area contributed by atoms with Gasteiger partial charge in [0.05, 0.1) is 0 Å². The fourth-order valence-corrected chi connectivity index (χ4v) is 2.73. The summed E-state index contributed by atoms with van der Waals surface area (Å²) < 4.78 is 2.37. The summed E-state index contributed by atoms with van der Waals surface area (Å²) in [4.78, 5) is 0. The summed E-state index contributed by atoms with van der Waals surface area (Å²) in [5, 5.41) is 0. The molecule has 0 bridgehead atoms. The van der Waals surface area contributed by atoms with Crippen LogP contribution in [0.15, 0.2) is 23.8 Å². The van der Waals surface area contributed by atoms with Gasteiger partial charge in [-0.15, -0.1) is 0 Å². The lowest BCUT2D eigenvalue weighted by Gasteiger charge is -2.40. The maximum absolute atomic E-state index is 2.82. The maximum atomic E-state index is 2.82. The Kier molecular flexibility index (Phi) is 3.09. The molecule has 2 heteroatoms. The van der Waals surface area contributed by atoms with Gasteiger partial charge in [0.1, 0.15) is 0 Å². The third-order valence-electron chi connectivity index (χ3n) is 3.73. The average molecular weight is 209 g/mol. The van der Waals surface area contributed by atoms with Crippen LogP contribution in [0.5, 0.6) is 0 Å². The van der Waals surface area contributed by atoms with Crippen LogP contribution in [0, 0.1) is 5.41 Å². The van der Waals surface area contributed by atoms with Gasteiger partial charge in [0, 0.05) is 13.1 Å². The van der Waals surface area contributed by atoms with E-state index in [2.05, 4.69) is 39.2 Å². The topological polar surface area (TPSA) is 3.24 Å². The van der Waals surface area contributed by atoms with E-state index in [0.717, 1.165) is 0 Å². The lowest BCUT2D eigenvalue weighted by molar-refractivity contribution is 0.198. The van der Waals surface area contributed by atoms with Crippen LogP contribution in [0.1, 0.15) is 32.6 Å². The van der Waals surface area contributed by atoms with E-state index in [1.54, 1.807) is 0 Å². The molecule has 0 N–H and O–H groups in total. The van der Waals surface area contributed by atoms with Crippen LogP contribution in [0.4, 0.5) is 0 Å². The molecule has 1 unspecified atom stereocenters. The van der Waals surface area contributed by atoms with Crippen molar-refractivity contribution < 1.29 is 0 Å². The van der Waals surface area contributed by atoms with Crippen molar-refractivity contribution in [3.63, 3.8) is 0 Å². The second-order valence-electron chi connectivity index (χ2n) is 4.60. The van der Waals surface area contributed by atoms with Crippen LogP contribution >= 0.6 is 9.39 Å². The quantitative estimate of drug-likeness (QED) is 0.554. The normalized spacial score (nSPS) is 30.0. The molecule has 0 radical (unpaired) electrons. The molecular weight excluding hydrogens is 189 g/mol. The standard InChI is InChI=1S/C12H20NP/c1-2-11-3-5-12(6-4-11)7-9-13(14)10-8-12/h2-3,5H,4,6-10,14H2,1H3. The Morgan fingerprint density at radius 2 is 2.07 bits per heavy atom. The van der Waals surface area contributed by atoms with Gasteiger partial charge < -0.3 is 0 Å². The van der Waals surface area contributed by atoms with Crippen molar-refractivity contribution in [2.24, 2.45) is 5.41 Å². The van der Waals surface area contributed by atoms with E-state index in [9.17, 15) is 0 Å². The zero-order chi connectivity index (χ0) is 10.0. The smallest absolute Gasteiger partial charge is 0.00244 e. The molecule has 0 aromatic rings. The minimum atomic E-state index is 0.541. The van der Waals surface area contributed by atoms with Crippen molar-refractivity contribution in [3.8, 4) is 0 Å². The van der Waals surface area contributed by atoms with Crippen LogP contribution in [-0.4, -0.2) is 17.8 Å². The number of hydrogen-bond acceptors (Lipinski definition) is 1. The maximum Gasteiger partial charge on any atom is 0.00244 e. The fourth-order valence-electron chi connectivity index (χ4n) is 2.47. The molecule has 1 spiro atoms.